The maximum Gasteiger partial charge on any atom is 0.123 e. The van der Waals surface area contributed by atoms with Crippen molar-refractivity contribution in [3.05, 3.63) is 54.1 Å². The van der Waals surface area contributed by atoms with Crippen LogP contribution < -0.4 is 0 Å². The minimum Gasteiger partial charge on any atom is -0.381 e. The summed E-state index contributed by atoms with van der Waals surface area (Å²) in [5.41, 5.74) is 1.29. The van der Waals surface area contributed by atoms with Gasteiger partial charge in [0, 0.05) is 45.7 Å². The third kappa shape index (κ3) is 3.31. The largest absolute Gasteiger partial charge is 0.381 e. The SMILES string of the molecule is CO[C@H]1CC[C@@]2(OC)CCN(Cc3nccn3Cc3ccccc3)[C@H]2C1. The van der Waals surface area contributed by atoms with Crippen LogP contribution in [0.25, 0.3) is 0 Å². The van der Waals surface area contributed by atoms with Crippen LogP contribution in [0.3, 0.4) is 0 Å². The standard InChI is InChI=1S/C21H29N3O2/c1-25-18-8-9-21(26-2)10-12-23(19(21)14-18)16-20-22-11-13-24(20)15-17-6-4-3-5-7-17/h3-7,11,13,18-19H,8-10,12,14-16H2,1-2H3/t18-,19-,21+/m0/s1. The van der Waals surface area contributed by atoms with Gasteiger partial charge in [-0.1, -0.05) is 30.3 Å². The van der Waals surface area contributed by atoms with Crippen molar-refractivity contribution in [2.75, 3.05) is 20.8 Å². The summed E-state index contributed by atoms with van der Waals surface area (Å²) >= 11 is 0. The summed E-state index contributed by atoms with van der Waals surface area (Å²) in [6.45, 7) is 2.80. The Morgan fingerprint density at radius 2 is 2.00 bits per heavy atom. The summed E-state index contributed by atoms with van der Waals surface area (Å²) in [6.07, 6.45) is 8.66. The number of methoxy groups -OCH3 is 2. The Labute approximate surface area is 155 Å². The smallest absolute Gasteiger partial charge is 0.123 e. The molecule has 0 spiro atoms. The van der Waals surface area contributed by atoms with Crippen LogP contribution in [0, 0.1) is 0 Å². The molecule has 1 saturated heterocycles. The lowest BCUT2D eigenvalue weighted by Gasteiger charge is -2.43. The van der Waals surface area contributed by atoms with E-state index in [0.717, 1.165) is 51.1 Å². The van der Waals surface area contributed by atoms with Crippen LogP contribution in [0.5, 0.6) is 0 Å². The minimum atomic E-state index is -0.00805. The quantitative estimate of drug-likeness (QED) is 0.798. The summed E-state index contributed by atoms with van der Waals surface area (Å²) < 4.78 is 14.0. The molecule has 0 N–H and O–H groups in total. The molecule has 0 radical (unpaired) electrons. The van der Waals surface area contributed by atoms with E-state index in [0.29, 0.717) is 12.1 Å². The van der Waals surface area contributed by atoms with E-state index in [1.807, 2.05) is 20.4 Å². The molecule has 1 saturated carbocycles. The number of nitrogens with zero attached hydrogens (tertiary/aromatic N) is 3. The predicted molar refractivity (Wildman–Crippen MR) is 101 cm³/mol. The second kappa shape index (κ2) is 7.51. The minimum absolute atomic E-state index is 0.00805. The van der Waals surface area contributed by atoms with Gasteiger partial charge >= 0.3 is 0 Å². The molecule has 140 valence electrons. The van der Waals surface area contributed by atoms with Gasteiger partial charge < -0.3 is 14.0 Å². The van der Waals surface area contributed by atoms with Gasteiger partial charge in [-0.15, -0.1) is 0 Å². The molecule has 2 aliphatic rings. The lowest BCUT2D eigenvalue weighted by atomic mass is 9.79. The number of ether oxygens (including phenoxy) is 2. The van der Waals surface area contributed by atoms with E-state index >= 15 is 0 Å². The summed E-state index contributed by atoms with van der Waals surface area (Å²) in [5, 5.41) is 0. The Morgan fingerprint density at radius 1 is 1.15 bits per heavy atom. The zero-order valence-electron chi connectivity index (χ0n) is 15.8. The zero-order chi connectivity index (χ0) is 18.0. The molecule has 4 rings (SSSR count). The van der Waals surface area contributed by atoms with Gasteiger partial charge in [-0.3, -0.25) is 4.90 Å². The van der Waals surface area contributed by atoms with Crippen molar-refractivity contribution < 1.29 is 9.47 Å². The lowest BCUT2D eigenvalue weighted by molar-refractivity contribution is -0.0950. The van der Waals surface area contributed by atoms with Gasteiger partial charge in [0.25, 0.3) is 0 Å². The molecule has 2 heterocycles. The van der Waals surface area contributed by atoms with Gasteiger partial charge in [0.15, 0.2) is 0 Å². The van der Waals surface area contributed by atoms with E-state index in [1.165, 1.54) is 5.56 Å². The van der Waals surface area contributed by atoms with E-state index in [1.54, 1.807) is 0 Å². The number of hydrogen-bond donors (Lipinski definition) is 0. The molecule has 0 amide bonds. The molecular weight excluding hydrogens is 326 g/mol. The Kier molecular flexibility index (Phi) is 5.11. The molecule has 2 fully saturated rings. The number of likely N-dealkylation sites (tertiary alicyclic amines) is 1. The van der Waals surface area contributed by atoms with E-state index in [4.69, 9.17) is 9.47 Å². The third-order valence-electron chi connectivity index (χ3n) is 6.33. The number of hydrogen-bond acceptors (Lipinski definition) is 4. The number of aromatic nitrogens is 2. The highest BCUT2D eigenvalue weighted by Crippen LogP contribution is 2.43. The third-order valence-corrected chi connectivity index (χ3v) is 6.33. The molecule has 2 aromatic rings. The second-order valence-electron chi connectivity index (χ2n) is 7.59. The number of imidazole rings is 1. The van der Waals surface area contributed by atoms with Crippen LogP contribution in [0.2, 0.25) is 0 Å². The van der Waals surface area contributed by atoms with Crippen LogP contribution in [-0.4, -0.2) is 53.0 Å². The number of fused-ring (bicyclic) bond motifs is 1. The molecule has 5 heteroatoms. The first-order valence-corrected chi connectivity index (χ1v) is 9.60. The maximum absolute atomic E-state index is 6.05. The number of benzene rings is 1. The van der Waals surface area contributed by atoms with Crippen molar-refractivity contribution in [3.8, 4) is 0 Å². The van der Waals surface area contributed by atoms with Crippen molar-refractivity contribution >= 4 is 0 Å². The van der Waals surface area contributed by atoms with E-state index in [-0.39, 0.29) is 5.60 Å². The van der Waals surface area contributed by atoms with Crippen molar-refractivity contribution in [2.45, 2.75) is 56.5 Å². The molecule has 1 aliphatic heterocycles. The van der Waals surface area contributed by atoms with Gasteiger partial charge in [0.05, 0.1) is 18.2 Å². The predicted octanol–water partition coefficient (Wildman–Crippen LogP) is 3.09. The summed E-state index contributed by atoms with van der Waals surface area (Å²) in [5.74, 6) is 1.13. The zero-order valence-corrected chi connectivity index (χ0v) is 15.8. The maximum atomic E-state index is 6.05. The molecule has 1 aromatic carbocycles. The van der Waals surface area contributed by atoms with Crippen LogP contribution in [0.1, 0.15) is 37.1 Å². The average molecular weight is 355 g/mol. The topological polar surface area (TPSA) is 39.5 Å². The van der Waals surface area contributed by atoms with Crippen LogP contribution in [0.4, 0.5) is 0 Å². The Hall–Kier alpha value is -1.69. The van der Waals surface area contributed by atoms with Crippen LogP contribution in [-0.2, 0) is 22.6 Å². The van der Waals surface area contributed by atoms with Crippen LogP contribution in [0.15, 0.2) is 42.7 Å². The highest BCUT2D eigenvalue weighted by atomic mass is 16.5. The molecule has 1 aliphatic carbocycles. The summed E-state index contributed by atoms with van der Waals surface area (Å²) in [7, 11) is 3.70. The summed E-state index contributed by atoms with van der Waals surface area (Å²) in [4.78, 5) is 7.20. The van der Waals surface area contributed by atoms with Gasteiger partial charge in [0.1, 0.15) is 5.82 Å². The Morgan fingerprint density at radius 3 is 2.77 bits per heavy atom. The molecule has 0 bridgehead atoms. The Balaban J connectivity index is 1.50. The first kappa shape index (κ1) is 17.7. The van der Waals surface area contributed by atoms with Gasteiger partial charge in [-0.2, -0.15) is 0 Å². The fourth-order valence-electron chi connectivity index (χ4n) is 4.76. The Bertz CT molecular complexity index is 717. The van der Waals surface area contributed by atoms with E-state index in [9.17, 15) is 0 Å². The van der Waals surface area contributed by atoms with E-state index in [2.05, 4.69) is 51.0 Å². The van der Waals surface area contributed by atoms with Crippen molar-refractivity contribution in [3.63, 3.8) is 0 Å². The fourth-order valence-corrected chi connectivity index (χ4v) is 4.76. The molecule has 26 heavy (non-hydrogen) atoms. The molecular formula is C21H29N3O2. The number of rotatable bonds is 6. The van der Waals surface area contributed by atoms with E-state index < -0.39 is 0 Å². The highest BCUT2D eigenvalue weighted by Gasteiger charge is 2.51. The van der Waals surface area contributed by atoms with Crippen LogP contribution >= 0.6 is 0 Å². The molecule has 0 unspecified atom stereocenters. The normalized spacial score (nSPS) is 29.0. The molecule has 5 nitrogen and oxygen atoms in total. The lowest BCUT2D eigenvalue weighted by Crippen LogP contribution is -2.51. The van der Waals surface area contributed by atoms with Crippen molar-refractivity contribution in [2.24, 2.45) is 0 Å². The molecule has 1 aromatic heterocycles. The van der Waals surface area contributed by atoms with Crippen molar-refractivity contribution in [1.82, 2.24) is 14.5 Å². The average Bonchev–Trinajstić information content (AvgIpc) is 3.27. The first-order valence-electron chi connectivity index (χ1n) is 9.60. The van der Waals surface area contributed by atoms with Gasteiger partial charge in [-0.25, -0.2) is 4.98 Å². The fraction of sp³-hybridized carbons (Fsp3) is 0.571. The van der Waals surface area contributed by atoms with Crippen molar-refractivity contribution in [1.29, 1.82) is 0 Å². The highest BCUT2D eigenvalue weighted by molar-refractivity contribution is 5.16. The second-order valence-corrected chi connectivity index (χ2v) is 7.59. The van der Waals surface area contributed by atoms with Gasteiger partial charge in [0.2, 0.25) is 0 Å². The summed E-state index contributed by atoms with van der Waals surface area (Å²) in [6, 6.07) is 11.0. The monoisotopic (exact) mass is 355 g/mol. The van der Waals surface area contributed by atoms with Gasteiger partial charge in [-0.05, 0) is 31.2 Å². The first-order chi connectivity index (χ1) is 12.7. The molecule has 3 atom stereocenters.